The van der Waals surface area contributed by atoms with E-state index in [1.165, 1.54) is 65.0 Å². The Bertz CT molecular complexity index is 1470. The number of halogens is 1. The number of rotatable bonds is 10. The van der Waals surface area contributed by atoms with Gasteiger partial charge < -0.3 is 15.1 Å². The summed E-state index contributed by atoms with van der Waals surface area (Å²) < 4.78 is 43.3. The van der Waals surface area contributed by atoms with Gasteiger partial charge in [-0.15, -0.1) is 0 Å². The number of benzene rings is 3. The molecule has 2 N–H and O–H groups in total. The molecule has 1 fully saturated rings. The number of piperidine rings is 1. The Labute approximate surface area is 240 Å². The minimum Gasteiger partial charge on any atom is -0.508 e. The molecule has 0 aromatic heterocycles. The quantitative estimate of drug-likeness (QED) is 0.344. The second-order valence-electron chi connectivity index (χ2n) is 10.8. The van der Waals surface area contributed by atoms with Crippen molar-refractivity contribution in [2.45, 2.75) is 19.3 Å². The number of nitrogens with zero attached hydrogens (tertiary/aromatic N) is 2. The zero-order valence-corrected chi connectivity index (χ0v) is 24.1. The Hall–Kier alpha value is -3.60. The molecule has 0 radical (unpaired) electrons. The Morgan fingerprint density at radius 2 is 1.41 bits per heavy atom. The van der Waals surface area contributed by atoms with Crippen LogP contribution in [0.25, 0.3) is 0 Å². The van der Waals surface area contributed by atoms with Gasteiger partial charge in [-0.25, -0.2) is 17.1 Å². The fraction of sp³-hybridized carbons (Fsp3) is 0.355. The number of hydrogen-bond donors (Lipinski definition) is 2. The van der Waals surface area contributed by atoms with Crippen molar-refractivity contribution < 1.29 is 32.6 Å². The molecule has 3 atom stereocenters. The molecule has 10 heteroatoms. The van der Waals surface area contributed by atoms with Crippen LogP contribution in [0.3, 0.4) is 0 Å². The molecular formula is C31H35FN2O6S. The van der Waals surface area contributed by atoms with Gasteiger partial charge >= 0.3 is 0 Å². The standard InChI is InChI=1S/C31H35FN2O6S/c1-20-25(12-6-13-28(20)32)29-26(30(37)21-8-4-10-23(35)16-21)18-34(41(39,40)15-7-14-33(2)3)19-27(29)31(38)22-9-5-11-24(36)17-22/h4-6,8-13,16-17,26-27,29,35-36H,7,14-15,18-19H2,1-3H3/t26-,27+,29?. The average molecular weight is 583 g/mol. The second kappa shape index (κ2) is 12.5. The largest absolute Gasteiger partial charge is 0.508 e. The van der Waals surface area contributed by atoms with Crippen LogP contribution in [0.15, 0.2) is 66.7 Å². The van der Waals surface area contributed by atoms with Gasteiger partial charge in [0, 0.05) is 42.0 Å². The van der Waals surface area contributed by atoms with Gasteiger partial charge in [0.2, 0.25) is 10.0 Å². The summed E-state index contributed by atoms with van der Waals surface area (Å²) in [5.74, 6) is -4.85. The Morgan fingerprint density at radius 3 is 1.90 bits per heavy atom. The maximum atomic E-state index is 14.9. The summed E-state index contributed by atoms with van der Waals surface area (Å²) in [6.07, 6.45) is 0.356. The molecule has 4 rings (SSSR count). The van der Waals surface area contributed by atoms with E-state index in [0.29, 0.717) is 18.5 Å². The van der Waals surface area contributed by atoms with Gasteiger partial charge in [-0.05, 0) is 75.4 Å². The topological polar surface area (TPSA) is 115 Å². The third-order valence-electron chi connectivity index (χ3n) is 7.67. The first-order valence-electron chi connectivity index (χ1n) is 13.4. The van der Waals surface area contributed by atoms with Crippen LogP contribution in [-0.2, 0) is 10.0 Å². The smallest absolute Gasteiger partial charge is 0.214 e. The van der Waals surface area contributed by atoms with Gasteiger partial charge in [0.05, 0.1) is 5.75 Å². The zero-order chi connectivity index (χ0) is 29.9. The fourth-order valence-electron chi connectivity index (χ4n) is 5.60. The number of carbonyl (C=O) groups excluding carboxylic acids is 2. The van der Waals surface area contributed by atoms with Gasteiger partial charge in [0.15, 0.2) is 11.6 Å². The van der Waals surface area contributed by atoms with Crippen molar-refractivity contribution in [2.24, 2.45) is 11.8 Å². The van der Waals surface area contributed by atoms with Gasteiger partial charge in [-0.2, -0.15) is 0 Å². The molecule has 218 valence electrons. The van der Waals surface area contributed by atoms with Crippen LogP contribution < -0.4 is 0 Å². The maximum absolute atomic E-state index is 14.9. The highest BCUT2D eigenvalue weighted by Gasteiger charge is 2.48. The lowest BCUT2D eigenvalue weighted by Crippen LogP contribution is -2.53. The highest BCUT2D eigenvalue weighted by Crippen LogP contribution is 2.43. The molecule has 0 saturated carbocycles. The van der Waals surface area contributed by atoms with Crippen LogP contribution in [-0.4, -0.2) is 78.9 Å². The number of carbonyl (C=O) groups is 2. The summed E-state index contributed by atoms with van der Waals surface area (Å²) in [4.78, 5) is 30.0. The molecule has 8 nitrogen and oxygen atoms in total. The Kier molecular flexibility index (Phi) is 9.26. The second-order valence-corrected chi connectivity index (χ2v) is 12.9. The van der Waals surface area contributed by atoms with E-state index in [1.807, 2.05) is 19.0 Å². The van der Waals surface area contributed by atoms with Crippen molar-refractivity contribution in [3.8, 4) is 11.5 Å². The van der Waals surface area contributed by atoms with E-state index in [1.54, 1.807) is 13.0 Å². The molecular weight excluding hydrogens is 547 g/mol. The van der Waals surface area contributed by atoms with Crippen molar-refractivity contribution in [1.82, 2.24) is 9.21 Å². The van der Waals surface area contributed by atoms with Gasteiger partial charge in [-0.1, -0.05) is 36.4 Å². The molecule has 1 heterocycles. The van der Waals surface area contributed by atoms with Crippen LogP contribution in [0.5, 0.6) is 11.5 Å². The SMILES string of the molecule is Cc1c(F)cccc1C1[C@@H](C(=O)c2cccc(O)c2)CN(S(=O)(=O)CCCN(C)C)C[C@H]1C(=O)c1cccc(O)c1. The van der Waals surface area contributed by atoms with E-state index in [0.717, 1.165) is 0 Å². The maximum Gasteiger partial charge on any atom is 0.214 e. The van der Waals surface area contributed by atoms with Gasteiger partial charge in [-0.3, -0.25) is 9.59 Å². The molecule has 0 spiro atoms. The number of phenolic OH excluding ortho intramolecular Hbond substituents is 2. The third-order valence-corrected chi connectivity index (χ3v) is 9.56. The number of hydrogen-bond acceptors (Lipinski definition) is 7. The highest BCUT2D eigenvalue weighted by molar-refractivity contribution is 7.89. The number of aromatic hydroxyl groups is 2. The van der Waals surface area contributed by atoms with Crippen molar-refractivity contribution in [1.29, 1.82) is 0 Å². The van der Waals surface area contributed by atoms with E-state index >= 15 is 0 Å². The minimum absolute atomic E-state index is 0.134. The molecule has 41 heavy (non-hydrogen) atoms. The van der Waals surface area contributed by atoms with Gasteiger partial charge in [0.1, 0.15) is 17.3 Å². The first kappa shape index (κ1) is 30.4. The van der Waals surface area contributed by atoms with Crippen LogP contribution in [0.2, 0.25) is 0 Å². The number of Topliss-reactive ketones (excluding diaryl/α,β-unsaturated/α-hetero) is 2. The predicted molar refractivity (Wildman–Crippen MR) is 154 cm³/mol. The normalized spacial score (nSPS) is 19.8. The molecule has 1 saturated heterocycles. The average Bonchev–Trinajstić information content (AvgIpc) is 2.93. The van der Waals surface area contributed by atoms with E-state index < -0.39 is 45.2 Å². The molecule has 3 aromatic carbocycles. The monoisotopic (exact) mass is 582 g/mol. The lowest BCUT2D eigenvalue weighted by atomic mass is 9.68. The predicted octanol–water partition coefficient (Wildman–Crippen LogP) is 4.22. The van der Waals surface area contributed by atoms with E-state index in [4.69, 9.17) is 0 Å². The fourth-order valence-corrected chi connectivity index (χ4v) is 7.13. The van der Waals surface area contributed by atoms with E-state index in [9.17, 15) is 32.6 Å². The van der Waals surface area contributed by atoms with Crippen LogP contribution in [0, 0.1) is 24.6 Å². The summed E-state index contributed by atoms with van der Waals surface area (Å²) in [6.45, 7) is 1.70. The molecule has 1 aliphatic rings. The molecule has 0 amide bonds. The molecule has 1 aliphatic heterocycles. The van der Waals surface area contributed by atoms with Crippen LogP contribution in [0.4, 0.5) is 4.39 Å². The summed E-state index contributed by atoms with van der Waals surface area (Å²) in [7, 11) is -0.206. The van der Waals surface area contributed by atoms with Crippen molar-refractivity contribution in [2.75, 3.05) is 39.5 Å². The first-order valence-corrected chi connectivity index (χ1v) is 15.0. The molecule has 0 aliphatic carbocycles. The third kappa shape index (κ3) is 6.83. The van der Waals surface area contributed by atoms with Crippen molar-refractivity contribution in [3.63, 3.8) is 0 Å². The summed E-state index contributed by atoms with van der Waals surface area (Å²) in [5, 5.41) is 20.1. The van der Waals surface area contributed by atoms with Crippen LogP contribution >= 0.6 is 0 Å². The molecule has 0 bridgehead atoms. The summed E-state index contributed by atoms with van der Waals surface area (Å²) in [5.41, 5.74) is 1.02. The Balaban J connectivity index is 1.87. The summed E-state index contributed by atoms with van der Waals surface area (Å²) in [6, 6.07) is 16.0. The first-order chi connectivity index (χ1) is 19.4. The Morgan fingerprint density at radius 1 is 0.902 bits per heavy atom. The molecule has 1 unspecified atom stereocenters. The van der Waals surface area contributed by atoms with Crippen molar-refractivity contribution >= 4 is 21.6 Å². The molecule has 3 aromatic rings. The summed E-state index contributed by atoms with van der Waals surface area (Å²) >= 11 is 0. The number of ketones is 2. The zero-order valence-electron chi connectivity index (χ0n) is 23.3. The van der Waals surface area contributed by atoms with Crippen molar-refractivity contribution in [3.05, 3.63) is 94.8 Å². The lowest BCUT2D eigenvalue weighted by Gasteiger charge is -2.43. The van der Waals surface area contributed by atoms with Crippen LogP contribution in [0.1, 0.15) is 44.2 Å². The van der Waals surface area contributed by atoms with Gasteiger partial charge in [0.25, 0.3) is 0 Å². The van der Waals surface area contributed by atoms with E-state index in [2.05, 4.69) is 0 Å². The number of phenols is 2. The number of sulfonamides is 1. The minimum atomic E-state index is -3.89. The highest BCUT2D eigenvalue weighted by atomic mass is 32.2. The van der Waals surface area contributed by atoms with E-state index in [-0.39, 0.29) is 47.0 Å². The lowest BCUT2D eigenvalue weighted by molar-refractivity contribution is 0.0694.